The van der Waals surface area contributed by atoms with E-state index in [1.807, 2.05) is 0 Å². The predicted octanol–water partition coefficient (Wildman–Crippen LogP) is 4.81. The van der Waals surface area contributed by atoms with Crippen molar-refractivity contribution in [3.63, 3.8) is 0 Å². The summed E-state index contributed by atoms with van der Waals surface area (Å²) in [4.78, 5) is 2.46. The summed E-state index contributed by atoms with van der Waals surface area (Å²) >= 11 is 0. The van der Waals surface area contributed by atoms with E-state index < -0.39 is 0 Å². The molecule has 2 fully saturated rings. The fourth-order valence-electron chi connectivity index (χ4n) is 4.11. The van der Waals surface area contributed by atoms with E-state index in [2.05, 4.69) is 43.0 Å². The van der Waals surface area contributed by atoms with Crippen LogP contribution in [0.4, 0.5) is 5.69 Å². The number of ether oxygens (including phenoxy) is 1. The Labute approximate surface area is 135 Å². The van der Waals surface area contributed by atoms with Gasteiger partial charge in [0.15, 0.2) is 0 Å². The second kappa shape index (κ2) is 7.50. The van der Waals surface area contributed by atoms with E-state index in [1.165, 1.54) is 56.2 Å². The SMILES string of the molecule is C[C@@H]1CN(c2ccc(CCC3CCCCC3)cc2)C[C@H](C)O1. The van der Waals surface area contributed by atoms with Crippen molar-refractivity contribution < 1.29 is 4.74 Å². The molecule has 22 heavy (non-hydrogen) atoms. The van der Waals surface area contributed by atoms with Crippen molar-refractivity contribution in [3.8, 4) is 0 Å². The van der Waals surface area contributed by atoms with Gasteiger partial charge in [0.05, 0.1) is 12.2 Å². The topological polar surface area (TPSA) is 12.5 Å². The van der Waals surface area contributed by atoms with Gasteiger partial charge in [-0.2, -0.15) is 0 Å². The Morgan fingerprint density at radius 2 is 1.59 bits per heavy atom. The number of benzene rings is 1. The lowest BCUT2D eigenvalue weighted by Gasteiger charge is -2.37. The summed E-state index contributed by atoms with van der Waals surface area (Å²) in [5, 5.41) is 0. The van der Waals surface area contributed by atoms with Crippen LogP contribution in [0.1, 0.15) is 57.9 Å². The maximum absolute atomic E-state index is 5.83. The number of anilines is 1. The molecule has 122 valence electrons. The molecule has 0 amide bonds. The van der Waals surface area contributed by atoms with Crippen molar-refractivity contribution in [1.29, 1.82) is 0 Å². The molecule has 0 bridgehead atoms. The Kier molecular flexibility index (Phi) is 5.41. The normalized spacial score (nSPS) is 27.1. The third-order valence-electron chi connectivity index (χ3n) is 5.29. The number of rotatable bonds is 4. The highest BCUT2D eigenvalue weighted by Gasteiger charge is 2.22. The van der Waals surface area contributed by atoms with Crippen LogP contribution in [-0.2, 0) is 11.2 Å². The zero-order chi connectivity index (χ0) is 15.4. The molecule has 1 heterocycles. The van der Waals surface area contributed by atoms with Gasteiger partial charge < -0.3 is 9.64 Å². The molecule has 2 aliphatic rings. The van der Waals surface area contributed by atoms with E-state index in [1.54, 1.807) is 0 Å². The molecule has 0 radical (unpaired) electrons. The van der Waals surface area contributed by atoms with Crippen molar-refractivity contribution in [2.45, 2.75) is 71.0 Å². The second-order valence-corrected chi connectivity index (χ2v) is 7.37. The van der Waals surface area contributed by atoms with Crippen molar-refractivity contribution in [2.24, 2.45) is 5.92 Å². The zero-order valence-electron chi connectivity index (χ0n) is 14.3. The molecule has 1 aliphatic heterocycles. The standard InChI is InChI=1S/C20H31NO/c1-16-14-21(15-17(2)22-16)20-12-10-19(11-13-20)9-8-18-6-4-3-5-7-18/h10-13,16-18H,3-9,14-15H2,1-2H3/t16-,17+. The van der Waals surface area contributed by atoms with E-state index in [9.17, 15) is 0 Å². The lowest BCUT2D eigenvalue weighted by molar-refractivity contribution is -0.00521. The van der Waals surface area contributed by atoms with Crippen molar-refractivity contribution >= 4 is 5.69 Å². The van der Waals surface area contributed by atoms with Crippen molar-refractivity contribution in [1.82, 2.24) is 0 Å². The van der Waals surface area contributed by atoms with Gasteiger partial charge in [0.25, 0.3) is 0 Å². The lowest BCUT2D eigenvalue weighted by Crippen LogP contribution is -2.45. The molecule has 1 aliphatic carbocycles. The van der Waals surface area contributed by atoms with Gasteiger partial charge >= 0.3 is 0 Å². The first-order chi connectivity index (χ1) is 10.7. The van der Waals surface area contributed by atoms with Crippen LogP contribution < -0.4 is 4.90 Å². The van der Waals surface area contributed by atoms with Crippen LogP contribution in [0.15, 0.2) is 24.3 Å². The van der Waals surface area contributed by atoms with E-state index >= 15 is 0 Å². The molecule has 2 nitrogen and oxygen atoms in total. The third-order valence-corrected chi connectivity index (χ3v) is 5.29. The van der Waals surface area contributed by atoms with Crippen LogP contribution in [0.25, 0.3) is 0 Å². The first kappa shape index (κ1) is 15.9. The first-order valence-corrected chi connectivity index (χ1v) is 9.20. The van der Waals surface area contributed by atoms with Gasteiger partial charge in [-0.15, -0.1) is 0 Å². The van der Waals surface area contributed by atoms with Gasteiger partial charge in [0.2, 0.25) is 0 Å². The van der Waals surface area contributed by atoms with Gasteiger partial charge in [0.1, 0.15) is 0 Å². The highest BCUT2D eigenvalue weighted by atomic mass is 16.5. The van der Waals surface area contributed by atoms with E-state index in [0.29, 0.717) is 12.2 Å². The quantitative estimate of drug-likeness (QED) is 0.791. The van der Waals surface area contributed by atoms with Gasteiger partial charge in [-0.3, -0.25) is 0 Å². The Morgan fingerprint density at radius 1 is 0.955 bits per heavy atom. The van der Waals surface area contributed by atoms with Crippen LogP contribution in [-0.4, -0.2) is 25.3 Å². The molecule has 1 saturated carbocycles. The lowest BCUT2D eigenvalue weighted by atomic mass is 9.85. The Balaban J connectivity index is 1.53. The third kappa shape index (κ3) is 4.25. The molecule has 0 unspecified atom stereocenters. The summed E-state index contributed by atoms with van der Waals surface area (Å²) in [7, 11) is 0. The summed E-state index contributed by atoms with van der Waals surface area (Å²) in [6, 6.07) is 9.29. The molecule has 1 aromatic rings. The van der Waals surface area contributed by atoms with Gasteiger partial charge in [-0.05, 0) is 50.3 Å². The minimum Gasteiger partial charge on any atom is -0.372 e. The summed E-state index contributed by atoms with van der Waals surface area (Å²) in [6.07, 6.45) is 10.6. The summed E-state index contributed by atoms with van der Waals surface area (Å²) < 4.78 is 5.83. The number of morpholine rings is 1. The maximum Gasteiger partial charge on any atom is 0.0726 e. The van der Waals surface area contributed by atoms with Crippen LogP contribution in [0.5, 0.6) is 0 Å². The largest absolute Gasteiger partial charge is 0.372 e. The van der Waals surface area contributed by atoms with Crippen molar-refractivity contribution in [2.75, 3.05) is 18.0 Å². The molecule has 0 spiro atoms. The fourth-order valence-corrected chi connectivity index (χ4v) is 4.11. The summed E-state index contributed by atoms with van der Waals surface area (Å²) in [5.74, 6) is 0.981. The molecule has 1 aromatic carbocycles. The van der Waals surface area contributed by atoms with Crippen molar-refractivity contribution in [3.05, 3.63) is 29.8 Å². The average molecular weight is 301 g/mol. The molecule has 1 saturated heterocycles. The second-order valence-electron chi connectivity index (χ2n) is 7.37. The van der Waals surface area contributed by atoms with Crippen LogP contribution in [0, 0.1) is 5.92 Å². The van der Waals surface area contributed by atoms with Gasteiger partial charge in [-0.25, -0.2) is 0 Å². The Hall–Kier alpha value is -1.02. The van der Waals surface area contributed by atoms with Crippen LogP contribution in [0.2, 0.25) is 0 Å². The van der Waals surface area contributed by atoms with E-state index in [-0.39, 0.29) is 0 Å². The molecule has 3 rings (SSSR count). The molecule has 2 heteroatoms. The number of hydrogen-bond acceptors (Lipinski definition) is 2. The highest BCUT2D eigenvalue weighted by Crippen LogP contribution is 2.28. The number of hydrogen-bond donors (Lipinski definition) is 0. The van der Waals surface area contributed by atoms with Crippen LogP contribution in [0.3, 0.4) is 0 Å². The van der Waals surface area contributed by atoms with Gasteiger partial charge in [-0.1, -0.05) is 44.2 Å². The average Bonchev–Trinajstić information content (AvgIpc) is 2.53. The van der Waals surface area contributed by atoms with Gasteiger partial charge in [0, 0.05) is 18.8 Å². The maximum atomic E-state index is 5.83. The Bertz CT molecular complexity index is 439. The van der Waals surface area contributed by atoms with Crippen LogP contribution >= 0.6 is 0 Å². The number of nitrogens with zero attached hydrogens (tertiary/aromatic N) is 1. The smallest absolute Gasteiger partial charge is 0.0726 e. The minimum absolute atomic E-state index is 0.328. The molecule has 2 atom stereocenters. The fraction of sp³-hybridized carbons (Fsp3) is 0.700. The van der Waals surface area contributed by atoms with E-state index in [4.69, 9.17) is 4.74 Å². The molecular formula is C20H31NO. The molecule has 0 aromatic heterocycles. The predicted molar refractivity (Wildman–Crippen MR) is 93.6 cm³/mol. The Morgan fingerprint density at radius 3 is 2.23 bits per heavy atom. The summed E-state index contributed by atoms with van der Waals surface area (Å²) in [5.41, 5.74) is 2.85. The zero-order valence-corrected chi connectivity index (χ0v) is 14.3. The number of aryl methyl sites for hydroxylation is 1. The monoisotopic (exact) mass is 301 g/mol. The molecule has 0 N–H and O–H groups in total. The highest BCUT2D eigenvalue weighted by molar-refractivity contribution is 5.48. The molecular weight excluding hydrogens is 270 g/mol. The first-order valence-electron chi connectivity index (χ1n) is 9.20. The van der Waals surface area contributed by atoms with E-state index in [0.717, 1.165) is 19.0 Å². The minimum atomic E-state index is 0.328. The summed E-state index contributed by atoms with van der Waals surface area (Å²) in [6.45, 7) is 6.35.